The minimum atomic E-state index is -2.44. The molecular formula is C8H12F2N2O2. The number of halogens is 2. The van der Waals surface area contributed by atoms with E-state index < -0.39 is 12.5 Å². The number of carbonyl (C=O) groups is 2. The van der Waals surface area contributed by atoms with Crippen molar-refractivity contribution in [2.24, 2.45) is 0 Å². The molecule has 1 unspecified atom stereocenters. The molecule has 4 nitrogen and oxygen atoms in total. The van der Waals surface area contributed by atoms with Crippen molar-refractivity contribution < 1.29 is 18.4 Å². The van der Waals surface area contributed by atoms with E-state index in [0.29, 0.717) is 0 Å². The maximum absolute atomic E-state index is 11.9. The van der Waals surface area contributed by atoms with Gasteiger partial charge >= 0.3 is 0 Å². The van der Waals surface area contributed by atoms with Crippen LogP contribution in [0.3, 0.4) is 0 Å². The van der Waals surface area contributed by atoms with Crippen molar-refractivity contribution in [1.82, 2.24) is 10.2 Å². The normalized spacial score (nSPS) is 22.9. The Morgan fingerprint density at radius 3 is 2.79 bits per heavy atom. The Kier molecular flexibility index (Phi) is 3.38. The van der Waals surface area contributed by atoms with Gasteiger partial charge in [-0.2, -0.15) is 0 Å². The minimum absolute atomic E-state index is 0.0613. The molecule has 80 valence electrons. The first kappa shape index (κ1) is 10.9. The molecule has 1 saturated heterocycles. The SMILES string of the molecule is CC1NC(=O)CN(CCC(F)F)C1=O. The summed E-state index contributed by atoms with van der Waals surface area (Å²) in [5, 5.41) is 2.43. The van der Waals surface area contributed by atoms with Crippen molar-refractivity contribution in [2.45, 2.75) is 25.8 Å². The van der Waals surface area contributed by atoms with Gasteiger partial charge < -0.3 is 10.2 Å². The molecule has 0 spiro atoms. The van der Waals surface area contributed by atoms with Crippen molar-refractivity contribution >= 4 is 11.8 Å². The van der Waals surface area contributed by atoms with Gasteiger partial charge in [0.1, 0.15) is 6.04 Å². The van der Waals surface area contributed by atoms with E-state index >= 15 is 0 Å². The van der Waals surface area contributed by atoms with Crippen LogP contribution in [0.25, 0.3) is 0 Å². The van der Waals surface area contributed by atoms with E-state index in [0.717, 1.165) is 4.90 Å². The summed E-state index contributed by atoms with van der Waals surface area (Å²) < 4.78 is 23.7. The third kappa shape index (κ3) is 2.65. The van der Waals surface area contributed by atoms with Gasteiger partial charge in [-0.05, 0) is 6.92 Å². The number of hydrogen-bond donors (Lipinski definition) is 1. The van der Waals surface area contributed by atoms with Gasteiger partial charge in [-0.1, -0.05) is 0 Å². The van der Waals surface area contributed by atoms with Crippen molar-refractivity contribution in [2.75, 3.05) is 13.1 Å². The predicted molar refractivity (Wildman–Crippen MR) is 44.8 cm³/mol. The highest BCUT2D eigenvalue weighted by Crippen LogP contribution is 2.06. The van der Waals surface area contributed by atoms with Gasteiger partial charge in [0.2, 0.25) is 18.2 Å². The number of piperazine rings is 1. The molecular weight excluding hydrogens is 194 g/mol. The zero-order chi connectivity index (χ0) is 10.7. The van der Waals surface area contributed by atoms with Crippen LogP contribution < -0.4 is 5.32 Å². The van der Waals surface area contributed by atoms with E-state index in [1.165, 1.54) is 6.92 Å². The molecule has 0 aromatic carbocycles. The highest BCUT2D eigenvalue weighted by molar-refractivity contribution is 5.94. The van der Waals surface area contributed by atoms with Crippen molar-refractivity contribution in [3.05, 3.63) is 0 Å². The third-order valence-corrected chi connectivity index (χ3v) is 2.01. The number of carbonyl (C=O) groups excluding carboxylic acids is 2. The van der Waals surface area contributed by atoms with Gasteiger partial charge in [0, 0.05) is 13.0 Å². The molecule has 1 atom stereocenters. The topological polar surface area (TPSA) is 49.4 Å². The Labute approximate surface area is 80.3 Å². The number of nitrogens with zero attached hydrogens (tertiary/aromatic N) is 1. The molecule has 0 radical (unpaired) electrons. The highest BCUT2D eigenvalue weighted by Gasteiger charge is 2.29. The second-order valence-electron chi connectivity index (χ2n) is 3.23. The van der Waals surface area contributed by atoms with Gasteiger partial charge in [-0.25, -0.2) is 8.78 Å². The summed E-state index contributed by atoms with van der Waals surface area (Å²) in [5.41, 5.74) is 0. The molecule has 0 saturated carbocycles. The molecule has 0 aromatic rings. The maximum atomic E-state index is 11.9. The number of alkyl halides is 2. The van der Waals surface area contributed by atoms with Crippen LogP contribution in [-0.2, 0) is 9.59 Å². The second kappa shape index (κ2) is 4.34. The molecule has 1 rings (SSSR count). The first-order valence-electron chi connectivity index (χ1n) is 4.37. The summed E-state index contributed by atoms with van der Waals surface area (Å²) in [7, 11) is 0. The van der Waals surface area contributed by atoms with Crippen LogP contribution in [0.2, 0.25) is 0 Å². The number of nitrogens with one attached hydrogen (secondary N) is 1. The monoisotopic (exact) mass is 206 g/mol. The molecule has 2 amide bonds. The second-order valence-corrected chi connectivity index (χ2v) is 3.23. The lowest BCUT2D eigenvalue weighted by Gasteiger charge is -2.30. The molecule has 6 heteroatoms. The van der Waals surface area contributed by atoms with E-state index in [4.69, 9.17) is 0 Å². The van der Waals surface area contributed by atoms with E-state index in [1.807, 2.05) is 0 Å². The predicted octanol–water partition coefficient (Wildman–Crippen LogP) is -0.0115. The van der Waals surface area contributed by atoms with Gasteiger partial charge in [0.25, 0.3) is 0 Å². The quantitative estimate of drug-likeness (QED) is 0.706. The lowest BCUT2D eigenvalue weighted by Crippen LogP contribution is -2.57. The van der Waals surface area contributed by atoms with Crippen LogP contribution in [0.15, 0.2) is 0 Å². The molecule has 0 bridgehead atoms. The summed E-state index contributed by atoms with van der Waals surface area (Å²) >= 11 is 0. The standard InChI is InChI=1S/C8H12F2N2O2/c1-5-8(14)12(3-2-6(9)10)4-7(13)11-5/h5-6H,2-4H2,1H3,(H,11,13). The average molecular weight is 206 g/mol. The Morgan fingerprint density at radius 1 is 1.57 bits per heavy atom. The Bertz CT molecular complexity index is 245. The average Bonchev–Trinajstić information content (AvgIpc) is 2.08. The molecule has 14 heavy (non-hydrogen) atoms. The van der Waals surface area contributed by atoms with Crippen LogP contribution in [0.4, 0.5) is 8.78 Å². The van der Waals surface area contributed by atoms with Gasteiger partial charge in [-0.3, -0.25) is 9.59 Å². The van der Waals surface area contributed by atoms with E-state index in [1.54, 1.807) is 0 Å². The summed E-state index contributed by atoms with van der Waals surface area (Å²) in [6.07, 6.45) is -2.82. The molecule has 1 aliphatic rings. The van der Waals surface area contributed by atoms with E-state index in [9.17, 15) is 18.4 Å². The number of amides is 2. The lowest BCUT2D eigenvalue weighted by atomic mass is 10.2. The minimum Gasteiger partial charge on any atom is -0.343 e. The smallest absolute Gasteiger partial charge is 0.245 e. The first-order valence-corrected chi connectivity index (χ1v) is 4.37. The molecule has 1 heterocycles. The van der Waals surface area contributed by atoms with Crippen molar-refractivity contribution in [3.63, 3.8) is 0 Å². The molecule has 1 aliphatic heterocycles. The van der Waals surface area contributed by atoms with Crippen LogP contribution >= 0.6 is 0 Å². The Morgan fingerprint density at radius 2 is 2.21 bits per heavy atom. The van der Waals surface area contributed by atoms with Gasteiger partial charge in [0.15, 0.2) is 0 Å². The van der Waals surface area contributed by atoms with Gasteiger partial charge in [-0.15, -0.1) is 0 Å². The fraction of sp³-hybridized carbons (Fsp3) is 0.750. The van der Waals surface area contributed by atoms with Crippen molar-refractivity contribution in [1.29, 1.82) is 0 Å². The fourth-order valence-electron chi connectivity index (χ4n) is 1.32. The Hall–Kier alpha value is -1.20. The molecule has 1 fully saturated rings. The van der Waals surface area contributed by atoms with Crippen LogP contribution in [-0.4, -0.2) is 42.3 Å². The van der Waals surface area contributed by atoms with E-state index in [-0.39, 0.29) is 31.3 Å². The third-order valence-electron chi connectivity index (χ3n) is 2.01. The largest absolute Gasteiger partial charge is 0.343 e. The number of hydrogen-bond acceptors (Lipinski definition) is 2. The lowest BCUT2D eigenvalue weighted by molar-refractivity contribution is -0.144. The highest BCUT2D eigenvalue weighted by atomic mass is 19.3. The van der Waals surface area contributed by atoms with Crippen LogP contribution in [0.5, 0.6) is 0 Å². The summed E-state index contributed by atoms with van der Waals surface area (Å²) in [6.45, 7) is 1.36. The molecule has 0 aliphatic carbocycles. The van der Waals surface area contributed by atoms with Crippen molar-refractivity contribution in [3.8, 4) is 0 Å². The summed E-state index contributed by atoms with van der Waals surface area (Å²) in [4.78, 5) is 23.5. The molecule has 1 N–H and O–H groups in total. The Balaban J connectivity index is 2.49. The first-order chi connectivity index (χ1) is 6.50. The summed E-state index contributed by atoms with van der Waals surface area (Å²) in [6, 6.07) is -0.603. The molecule has 0 aromatic heterocycles. The van der Waals surface area contributed by atoms with Gasteiger partial charge in [0.05, 0.1) is 6.54 Å². The zero-order valence-electron chi connectivity index (χ0n) is 7.80. The van der Waals surface area contributed by atoms with Crippen LogP contribution in [0, 0.1) is 0 Å². The fourth-order valence-corrected chi connectivity index (χ4v) is 1.32. The van der Waals surface area contributed by atoms with Crippen LogP contribution in [0.1, 0.15) is 13.3 Å². The van der Waals surface area contributed by atoms with E-state index in [2.05, 4.69) is 5.32 Å². The number of rotatable bonds is 3. The summed E-state index contributed by atoms with van der Waals surface area (Å²) in [5.74, 6) is -0.600. The zero-order valence-corrected chi connectivity index (χ0v) is 7.80. The maximum Gasteiger partial charge on any atom is 0.245 e.